The SMILES string of the molecule is Cn1c(CN2CCc3ccccc3C2)c(Br)c(=O)n1-c1ccccc1. The summed E-state index contributed by atoms with van der Waals surface area (Å²) in [5.74, 6) is 0. The van der Waals surface area contributed by atoms with Crippen LogP contribution in [0.3, 0.4) is 0 Å². The quantitative estimate of drug-likeness (QED) is 0.676. The van der Waals surface area contributed by atoms with Crippen LogP contribution in [-0.2, 0) is 26.6 Å². The van der Waals surface area contributed by atoms with E-state index in [0.717, 1.165) is 37.4 Å². The van der Waals surface area contributed by atoms with Crippen molar-refractivity contribution in [1.82, 2.24) is 14.3 Å². The van der Waals surface area contributed by atoms with Crippen molar-refractivity contribution in [2.75, 3.05) is 6.54 Å². The molecule has 5 heteroatoms. The van der Waals surface area contributed by atoms with Crippen LogP contribution in [0, 0.1) is 0 Å². The molecule has 25 heavy (non-hydrogen) atoms. The Morgan fingerprint density at radius 1 is 1.00 bits per heavy atom. The molecule has 0 aliphatic carbocycles. The van der Waals surface area contributed by atoms with Crippen LogP contribution >= 0.6 is 15.9 Å². The van der Waals surface area contributed by atoms with Crippen LogP contribution in [0.5, 0.6) is 0 Å². The van der Waals surface area contributed by atoms with Gasteiger partial charge in [-0.3, -0.25) is 14.4 Å². The van der Waals surface area contributed by atoms with Crippen LogP contribution in [0.15, 0.2) is 63.9 Å². The fourth-order valence-electron chi connectivity index (χ4n) is 3.55. The van der Waals surface area contributed by atoms with Crippen molar-refractivity contribution < 1.29 is 0 Å². The first-order chi connectivity index (χ1) is 12.1. The molecule has 1 aromatic heterocycles. The average molecular weight is 398 g/mol. The molecule has 0 unspecified atom stereocenters. The first-order valence-corrected chi connectivity index (χ1v) is 9.25. The molecule has 2 heterocycles. The largest absolute Gasteiger partial charge is 0.293 e. The van der Waals surface area contributed by atoms with Gasteiger partial charge in [-0.1, -0.05) is 42.5 Å². The maximum Gasteiger partial charge on any atom is 0.286 e. The van der Waals surface area contributed by atoms with Gasteiger partial charge >= 0.3 is 0 Å². The molecule has 4 nitrogen and oxygen atoms in total. The molecular formula is C20H20BrN3O. The highest BCUT2D eigenvalue weighted by Crippen LogP contribution is 2.23. The van der Waals surface area contributed by atoms with Crippen molar-refractivity contribution in [2.45, 2.75) is 19.5 Å². The number of para-hydroxylation sites is 1. The van der Waals surface area contributed by atoms with Crippen LogP contribution in [-0.4, -0.2) is 20.8 Å². The smallest absolute Gasteiger partial charge is 0.286 e. The zero-order chi connectivity index (χ0) is 17.4. The molecule has 3 aromatic rings. The van der Waals surface area contributed by atoms with E-state index in [4.69, 9.17) is 0 Å². The molecule has 0 atom stereocenters. The molecule has 0 amide bonds. The van der Waals surface area contributed by atoms with Gasteiger partial charge in [0.05, 0.1) is 11.4 Å². The van der Waals surface area contributed by atoms with Gasteiger partial charge in [-0.2, -0.15) is 0 Å². The van der Waals surface area contributed by atoms with Crippen molar-refractivity contribution in [2.24, 2.45) is 7.05 Å². The summed E-state index contributed by atoms with van der Waals surface area (Å²) in [4.78, 5) is 15.1. The van der Waals surface area contributed by atoms with E-state index in [0.29, 0.717) is 4.47 Å². The lowest BCUT2D eigenvalue weighted by Crippen LogP contribution is -2.31. The minimum absolute atomic E-state index is 0.0129. The van der Waals surface area contributed by atoms with E-state index >= 15 is 0 Å². The average Bonchev–Trinajstić information content (AvgIpc) is 2.86. The molecule has 0 radical (unpaired) electrons. The zero-order valence-electron chi connectivity index (χ0n) is 14.2. The molecule has 0 bridgehead atoms. The first-order valence-electron chi connectivity index (χ1n) is 8.46. The normalized spacial score (nSPS) is 14.5. The molecular weight excluding hydrogens is 378 g/mol. The Hall–Kier alpha value is -2.11. The van der Waals surface area contributed by atoms with E-state index in [2.05, 4.69) is 45.1 Å². The molecule has 128 valence electrons. The molecule has 0 fully saturated rings. The fraction of sp³-hybridized carbons (Fsp3) is 0.250. The first kappa shape index (κ1) is 16.4. The fourth-order valence-corrected chi connectivity index (χ4v) is 4.10. The molecule has 2 aromatic carbocycles. The van der Waals surface area contributed by atoms with Crippen LogP contribution in [0.4, 0.5) is 0 Å². The third-order valence-electron chi connectivity index (χ3n) is 4.91. The highest BCUT2D eigenvalue weighted by Gasteiger charge is 2.22. The zero-order valence-corrected chi connectivity index (χ0v) is 15.7. The van der Waals surface area contributed by atoms with Crippen LogP contribution in [0.1, 0.15) is 16.8 Å². The van der Waals surface area contributed by atoms with Crippen LogP contribution in [0.2, 0.25) is 0 Å². The van der Waals surface area contributed by atoms with Gasteiger partial charge < -0.3 is 0 Å². The Bertz CT molecular complexity index is 959. The summed E-state index contributed by atoms with van der Waals surface area (Å²) < 4.78 is 4.33. The minimum Gasteiger partial charge on any atom is -0.293 e. The summed E-state index contributed by atoms with van der Waals surface area (Å²) in [7, 11) is 1.95. The highest BCUT2D eigenvalue weighted by molar-refractivity contribution is 9.10. The number of benzene rings is 2. The van der Waals surface area contributed by atoms with Crippen molar-refractivity contribution in [3.8, 4) is 5.69 Å². The second kappa shape index (κ2) is 6.65. The highest BCUT2D eigenvalue weighted by atomic mass is 79.9. The van der Waals surface area contributed by atoms with Gasteiger partial charge in [0, 0.05) is 26.7 Å². The Balaban J connectivity index is 1.65. The lowest BCUT2D eigenvalue weighted by Gasteiger charge is -2.28. The predicted octanol–water partition coefficient (Wildman–Crippen LogP) is 3.50. The third-order valence-corrected chi connectivity index (χ3v) is 5.70. The summed E-state index contributed by atoms with van der Waals surface area (Å²) >= 11 is 3.53. The van der Waals surface area contributed by atoms with Crippen molar-refractivity contribution in [1.29, 1.82) is 0 Å². The van der Waals surface area contributed by atoms with Gasteiger partial charge in [0.1, 0.15) is 4.47 Å². The van der Waals surface area contributed by atoms with Gasteiger partial charge in [-0.15, -0.1) is 0 Å². The second-order valence-corrected chi connectivity index (χ2v) is 7.26. The van der Waals surface area contributed by atoms with Gasteiger partial charge in [0.15, 0.2) is 0 Å². The lowest BCUT2D eigenvalue weighted by atomic mass is 10.00. The Labute approximate surface area is 155 Å². The molecule has 0 saturated carbocycles. The second-order valence-electron chi connectivity index (χ2n) is 6.47. The molecule has 0 spiro atoms. The Kier molecular flexibility index (Phi) is 4.36. The molecule has 0 N–H and O–H groups in total. The standard InChI is InChI=1S/C20H20BrN3O/c1-22-18(14-23-12-11-15-7-5-6-8-16(15)13-23)19(21)20(25)24(22)17-9-3-2-4-10-17/h2-10H,11-14H2,1H3. The van der Waals surface area contributed by atoms with Crippen molar-refractivity contribution in [3.05, 3.63) is 86.2 Å². The molecule has 1 aliphatic rings. The molecule has 0 saturated heterocycles. The number of aromatic nitrogens is 2. The van der Waals surface area contributed by atoms with Crippen molar-refractivity contribution >= 4 is 15.9 Å². The molecule has 4 rings (SSSR count). The summed E-state index contributed by atoms with van der Waals surface area (Å²) in [6.07, 6.45) is 1.06. The third kappa shape index (κ3) is 2.98. The van der Waals surface area contributed by atoms with Gasteiger partial charge in [0.25, 0.3) is 5.56 Å². The number of rotatable bonds is 3. The van der Waals surface area contributed by atoms with Gasteiger partial charge in [0.2, 0.25) is 0 Å². The summed E-state index contributed by atoms with van der Waals surface area (Å²) in [6, 6.07) is 18.4. The number of nitrogens with zero attached hydrogens (tertiary/aromatic N) is 3. The van der Waals surface area contributed by atoms with E-state index < -0.39 is 0 Å². The van der Waals surface area contributed by atoms with E-state index in [-0.39, 0.29) is 5.56 Å². The van der Waals surface area contributed by atoms with E-state index in [9.17, 15) is 4.79 Å². The number of hydrogen-bond donors (Lipinski definition) is 0. The summed E-state index contributed by atoms with van der Waals surface area (Å²) in [5.41, 5.74) is 4.70. The molecule has 1 aliphatic heterocycles. The maximum absolute atomic E-state index is 12.7. The van der Waals surface area contributed by atoms with Crippen LogP contribution in [0.25, 0.3) is 5.69 Å². The number of hydrogen-bond acceptors (Lipinski definition) is 2. The minimum atomic E-state index is -0.0129. The summed E-state index contributed by atoms with van der Waals surface area (Å²) in [6.45, 7) is 2.68. The van der Waals surface area contributed by atoms with Gasteiger partial charge in [-0.05, 0) is 45.6 Å². The van der Waals surface area contributed by atoms with E-state index in [1.165, 1.54) is 11.1 Å². The van der Waals surface area contributed by atoms with Crippen molar-refractivity contribution in [3.63, 3.8) is 0 Å². The van der Waals surface area contributed by atoms with E-state index in [1.54, 1.807) is 4.68 Å². The lowest BCUT2D eigenvalue weighted by molar-refractivity contribution is 0.238. The Morgan fingerprint density at radius 3 is 2.44 bits per heavy atom. The Morgan fingerprint density at radius 2 is 1.68 bits per heavy atom. The van der Waals surface area contributed by atoms with E-state index in [1.807, 2.05) is 42.1 Å². The topological polar surface area (TPSA) is 30.2 Å². The number of fused-ring (bicyclic) bond motifs is 1. The maximum atomic E-state index is 12.7. The summed E-state index contributed by atoms with van der Waals surface area (Å²) in [5, 5.41) is 0. The van der Waals surface area contributed by atoms with Gasteiger partial charge in [-0.25, -0.2) is 4.68 Å². The monoisotopic (exact) mass is 397 g/mol. The number of halogens is 1. The predicted molar refractivity (Wildman–Crippen MR) is 103 cm³/mol. The van der Waals surface area contributed by atoms with Crippen LogP contribution < -0.4 is 5.56 Å².